The quantitative estimate of drug-likeness (QED) is 0.751. The number of rotatable bonds is 7. The molecule has 0 radical (unpaired) electrons. The first-order valence-corrected chi connectivity index (χ1v) is 5.10. The summed E-state index contributed by atoms with van der Waals surface area (Å²) >= 11 is 0. The zero-order valence-electron chi connectivity index (χ0n) is 9.43. The molecule has 0 aliphatic carbocycles. The highest BCUT2D eigenvalue weighted by atomic mass is 19.1. The van der Waals surface area contributed by atoms with Crippen molar-refractivity contribution in [1.82, 2.24) is 0 Å². The van der Waals surface area contributed by atoms with Gasteiger partial charge in [0.2, 0.25) is 0 Å². The maximum Gasteiger partial charge on any atom is 0.152 e. The number of nitrogens with one attached hydrogen (secondary N) is 1. The van der Waals surface area contributed by atoms with Crippen molar-refractivity contribution in [1.29, 1.82) is 0 Å². The van der Waals surface area contributed by atoms with E-state index in [9.17, 15) is 13.2 Å². The molecule has 0 spiro atoms. The Kier molecular flexibility index (Phi) is 5.79. The molecule has 0 saturated carbocycles. The molecule has 0 atom stereocenters. The lowest BCUT2D eigenvalue weighted by Gasteiger charge is -2.09. The van der Waals surface area contributed by atoms with E-state index in [-0.39, 0.29) is 18.8 Å². The molecule has 0 aromatic heterocycles. The summed E-state index contributed by atoms with van der Waals surface area (Å²) in [6.45, 7) is 1.37. The number of halogens is 3. The Balaban J connectivity index is 2.36. The van der Waals surface area contributed by atoms with E-state index < -0.39 is 17.5 Å². The van der Waals surface area contributed by atoms with Crippen molar-refractivity contribution in [2.24, 2.45) is 0 Å². The van der Waals surface area contributed by atoms with E-state index in [1.54, 1.807) is 7.11 Å². The van der Waals surface area contributed by atoms with Gasteiger partial charge in [-0.2, -0.15) is 0 Å². The molecule has 0 heterocycles. The van der Waals surface area contributed by atoms with Crippen LogP contribution in [0.4, 0.5) is 18.9 Å². The first kappa shape index (κ1) is 13.8. The zero-order chi connectivity index (χ0) is 12.7. The highest BCUT2D eigenvalue weighted by Crippen LogP contribution is 2.19. The summed E-state index contributed by atoms with van der Waals surface area (Å²) in [5.41, 5.74) is -0.346. The van der Waals surface area contributed by atoms with Gasteiger partial charge in [-0.25, -0.2) is 13.2 Å². The minimum absolute atomic E-state index is 0.225. The van der Waals surface area contributed by atoms with E-state index in [1.165, 1.54) is 0 Å². The van der Waals surface area contributed by atoms with E-state index >= 15 is 0 Å². The normalized spacial score (nSPS) is 10.6. The lowest BCUT2D eigenvalue weighted by Crippen LogP contribution is -2.13. The molecule has 0 fully saturated rings. The first-order valence-electron chi connectivity index (χ1n) is 5.10. The summed E-state index contributed by atoms with van der Waals surface area (Å²) in [5, 5.41) is 2.50. The van der Waals surface area contributed by atoms with Crippen LogP contribution in [-0.2, 0) is 9.47 Å². The maximum atomic E-state index is 13.1. The predicted molar refractivity (Wildman–Crippen MR) is 57.5 cm³/mol. The van der Waals surface area contributed by atoms with E-state index in [1.807, 2.05) is 0 Å². The molecule has 1 aromatic carbocycles. The lowest BCUT2D eigenvalue weighted by atomic mass is 10.3. The van der Waals surface area contributed by atoms with E-state index in [0.29, 0.717) is 25.3 Å². The molecule has 0 unspecified atom stereocenters. The van der Waals surface area contributed by atoms with Gasteiger partial charge in [-0.15, -0.1) is 0 Å². The molecule has 3 nitrogen and oxygen atoms in total. The number of anilines is 1. The van der Waals surface area contributed by atoms with Crippen LogP contribution in [0, 0.1) is 17.5 Å². The van der Waals surface area contributed by atoms with Gasteiger partial charge in [0.25, 0.3) is 0 Å². The maximum absolute atomic E-state index is 13.1. The molecule has 17 heavy (non-hydrogen) atoms. The van der Waals surface area contributed by atoms with Gasteiger partial charge < -0.3 is 14.8 Å². The van der Waals surface area contributed by atoms with Crippen LogP contribution in [0.15, 0.2) is 12.1 Å². The standard InChI is InChI=1S/C11H14F3NO2/c1-16-4-5-17-3-2-15-11-9(13)6-8(12)7-10(11)14/h6-7,15H,2-5H2,1H3. The van der Waals surface area contributed by atoms with Crippen LogP contribution in [0.2, 0.25) is 0 Å². The lowest BCUT2D eigenvalue weighted by molar-refractivity contribution is 0.0759. The molecule has 96 valence electrons. The molecule has 0 saturated heterocycles. The molecular formula is C11H14F3NO2. The van der Waals surface area contributed by atoms with Crippen molar-refractivity contribution < 1.29 is 22.6 Å². The van der Waals surface area contributed by atoms with Gasteiger partial charge in [-0.05, 0) is 0 Å². The van der Waals surface area contributed by atoms with Gasteiger partial charge in [-0.1, -0.05) is 0 Å². The fraction of sp³-hybridized carbons (Fsp3) is 0.455. The monoisotopic (exact) mass is 249 g/mol. The molecule has 0 aliphatic rings. The fourth-order valence-electron chi connectivity index (χ4n) is 1.20. The first-order chi connectivity index (χ1) is 8.15. The van der Waals surface area contributed by atoms with Crippen LogP contribution in [0.5, 0.6) is 0 Å². The third kappa shape index (κ3) is 4.62. The van der Waals surface area contributed by atoms with Crippen LogP contribution in [0.3, 0.4) is 0 Å². The summed E-state index contributed by atoms with van der Waals surface area (Å²) in [4.78, 5) is 0. The molecule has 0 amide bonds. The van der Waals surface area contributed by atoms with Gasteiger partial charge in [0, 0.05) is 25.8 Å². The Hall–Kier alpha value is -1.27. The molecule has 1 N–H and O–H groups in total. The molecule has 0 bridgehead atoms. The number of methoxy groups -OCH3 is 1. The summed E-state index contributed by atoms with van der Waals surface area (Å²) in [7, 11) is 1.55. The van der Waals surface area contributed by atoms with Gasteiger partial charge in [-0.3, -0.25) is 0 Å². The van der Waals surface area contributed by atoms with Crippen LogP contribution < -0.4 is 5.32 Å². The molecule has 0 aliphatic heterocycles. The largest absolute Gasteiger partial charge is 0.382 e. The second kappa shape index (κ2) is 7.13. The number of hydrogen-bond acceptors (Lipinski definition) is 3. The smallest absolute Gasteiger partial charge is 0.152 e. The number of hydrogen-bond donors (Lipinski definition) is 1. The van der Waals surface area contributed by atoms with Crippen molar-refractivity contribution in [3.63, 3.8) is 0 Å². The fourth-order valence-corrected chi connectivity index (χ4v) is 1.20. The summed E-state index contributed by atoms with van der Waals surface area (Å²) in [6.07, 6.45) is 0. The van der Waals surface area contributed by atoms with Crippen molar-refractivity contribution in [3.05, 3.63) is 29.6 Å². The second-order valence-corrected chi connectivity index (χ2v) is 3.28. The highest BCUT2D eigenvalue weighted by Gasteiger charge is 2.10. The van der Waals surface area contributed by atoms with Crippen molar-refractivity contribution >= 4 is 5.69 Å². The van der Waals surface area contributed by atoms with Crippen LogP contribution in [0.1, 0.15) is 0 Å². The number of ether oxygens (including phenoxy) is 2. The van der Waals surface area contributed by atoms with Crippen molar-refractivity contribution in [2.45, 2.75) is 0 Å². The third-order valence-corrected chi connectivity index (χ3v) is 1.99. The van der Waals surface area contributed by atoms with E-state index in [4.69, 9.17) is 9.47 Å². The topological polar surface area (TPSA) is 30.5 Å². The highest BCUT2D eigenvalue weighted by molar-refractivity contribution is 5.46. The van der Waals surface area contributed by atoms with Crippen LogP contribution in [0.25, 0.3) is 0 Å². The minimum Gasteiger partial charge on any atom is -0.382 e. The molecular weight excluding hydrogens is 235 g/mol. The Bertz CT molecular complexity index is 338. The van der Waals surface area contributed by atoms with Crippen LogP contribution in [-0.4, -0.2) is 33.5 Å². The zero-order valence-corrected chi connectivity index (χ0v) is 9.43. The molecule has 1 rings (SSSR count). The number of benzene rings is 1. The van der Waals surface area contributed by atoms with Gasteiger partial charge in [0.1, 0.15) is 11.5 Å². The van der Waals surface area contributed by atoms with Crippen molar-refractivity contribution in [2.75, 3.05) is 38.8 Å². The summed E-state index contributed by atoms with van der Waals surface area (Å²) in [6, 6.07) is 1.24. The summed E-state index contributed by atoms with van der Waals surface area (Å²) in [5.74, 6) is -2.86. The molecule has 6 heteroatoms. The van der Waals surface area contributed by atoms with E-state index in [0.717, 1.165) is 0 Å². The molecule has 1 aromatic rings. The SMILES string of the molecule is COCCOCCNc1c(F)cc(F)cc1F. The average Bonchev–Trinajstić information content (AvgIpc) is 2.26. The predicted octanol–water partition coefficient (Wildman–Crippen LogP) is 2.18. The Morgan fingerprint density at radius 2 is 1.71 bits per heavy atom. The summed E-state index contributed by atoms with van der Waals surface area (Å²) < 4.78 is 48.7. The van der Waals surface area contributed by atoms with Gasteiger partial charge in [0.15, 0.2) is 11.6 Å². The van der Waals surface area contributed by atoms with Gasteiger partial charge >= 0.3 is 0 Å². The minimum atomic E-state index is -0.959. The Morgan fingerprint density at radius 3 is 2.29 bits per heavy atom. The van der Waals surface area contributed by atoms with Crippen LogP contribution >= 0.6 is 0 Å². The Morgan fingerprint density at radius 1 is 1.06 bits per heavy atom. The van der Waals surface area contributed by atoms with E-state index in [2.05, 4.69) is 5.32 Å². The average molecular weight is 249 g/mol. The van der Waals surface area contributed by atoms with Gasteiger partial charge in [0.05, 0.1) is 19.8 Å². The third-order valence-electron chi connectivity index (χ3n) is 1.99. The Labute approximate surface area is 97.5 Å². The second-order valence-electron chi connectivity index (χ2n) is 3.28. The van der Waals surface area contributed by atoms with Crippen molar-refractivity contribution in [3.8, 4) is 0 Å².